The summed E-state index contributed by atoms with van der Waals surface area (Å²) in [5.74, 6) is -1.86. The second kappa shape index (κ2) is 7.06. The fraction of sp³-hybridized carbons (Fsp3) is 0.438. The van der Waals surface area contributed by atoms with Crippen molar-refractivity contribution < 1.29 is 19.5 Å². The van der Waals surface area contributed by atoms with E-state index < -0.39 is 17.3 Å². The van der Waals surface area contributed by atoms with Crippen molar-refractivity contribution in [3.63, 3.8) is 0 Å². The van der Waals surface area contributed by atoms with Gasteiger partial charge < -0.3 is 16.2 Å². The summed E-state index contributed by atoms with van der Waals surface area (Å²) >= 11 is 0. The molecular weight excluding hydrogens is 284 g/mol. The maximum absolute atomic E-state index is 12.1. The molecule has 6 nitrogen and oxygen atoms in total. The summed E-state index contributed by atoms with van der Waals surface area (Å²) < 4.78 is 0. The molecule has 0 saturated carbocycles. The third-order valence-corrected chi connectivity index (χ3v) is 4.08. The van der Waals surface area contributed by atoms with Gasteiger partial charge in [0.1, 0.15) is 0 Å². The molecule has 0 saturated heterocycles. The highest BCUT2D eigenvalue weighted by atomic mass is 16.4. The molecule has 1 aromatic rings. The molecule has 0 aromatic heterocycles. The fourth-order valence-corrected chi connectivity index (χ4v) is 2.41. The number of nitrogens with two attached hydrogens (primary N) is 1. The Labute approximate surface area is 129 Å². The molecule has 0 aliphatic rings. The number of nitrogens with one attached hydrogen (secondary N) is 1. The first kappa shape index (κ1) is 17.7. The van der Waals surface area contributed by atoms with E-state index in [0.717, 1.165) is 0 Å². The van der Waals surface area contributed by atoms with Crippen LogP contribution in [-0.2, 0) is 9.59 Å². The van der Waals surface area contributed by atoms with Gasteiger partial charge in [-0.05, 0) is 43.5 Å². The molecule has 0 unspecified atom stereocenters. The van der Waals surface area contributed by atoms with E-state index in [-0.39, 0.29) is 12.3 Å². The fourth-order valence-electron chi connectivity index (χ4n) is 2.41. The Morgan fingerprint density at radius 3 is 2.23 bits per heavy atom. The number of aliphatic carboxylic acids is 1. The van der Waals surface area contributed by atoms with Crippen molar-refractivity contribution in [2.24, 2.45) is 11.1 Å². The van der Waals surface area contributed by atoms with Crippen LogP contribution in [0.5, 0.6) is 0 Å². The van der Waals surface area contributed by atoms with Gasteiger partial charge in [0, 0.05) is 17.7 Å². The Balaban J connectivity index is 2.87. The highest BCUT2D eigenvalue weighted by molar-refractivity contribution is 5.97. The quantitative estimate of drug-likeness (QED) is 0.718. The minimum atomic E-state index is -1.05. The molecule has 4 N–H and O–H groups in total. The van der Waals surface area contributed by atoms with Gasteiger partial charge in [0.2, 0.25) is 11.8 Å². The zero-order valence-electron chi connectivity index (χ0n) is 13.1. The first-order chi connectivity index (χ1) is 10.3. The Morgan fingerprint density at radius 2 is 1.82 bits per heavy atom. The van der Waals surface area contributed by atoms with Crippen LogP contribution in [0.1, 0.15) is 49.0 Å². The minimum absolute atomic E-state index is 0.0913. The van der Waals surface area contributed by atoms with Gasteiger partial charge in [-0.25, -0.2) is 0 Å². The van der Waals surface area contributed by atoms with Crippen LogP contribution in [0.4, 0.5) is 5.69 Å². The first-order valence-electron chi connectivity index (χ1n) is 7.19. The molecule has 0 radical (unpaired) electrons. The van der Waals surface area contributed by atoms with Gasteiger partial charge in [0.05, 0.1) is 5.41 Å². The van der Waals surface area contributed by atoms with E-state index in [1.54, 1.807) is 32.9 Å². The predicted octanol–water partition coefficient (Wildman–Crippen LogP) is 2.31. The number of rotatable bonds is 7. The highest BCUT2D eigenvalue weighted by Crippen LogP contribution is 2.31. The molecule has 120 valence electrons. The summed E-state index contributed by atoms with van der Waals surface area (Å²) in [4.78, 5) is 34.7. The number of carboxylic acid groups (broad SMARTS) is 1. The predicted molar refractivity (Wildman–Crippen MR) is 83.6 cm³/mol. The van der Waals surface area contributed by atoms with Crippen LogP contribution in [0.15, 0.2) is 18.2 Å². The molecule has 0 heterocycles. The Kier molecular flexibility index (Phi) is 5.68. The lowest BCUT2D eigenvalue weighted by Gasteiger charge is -2.25. The van der Waals surface area contributed by atoms with Crippen molar-refractivity contribution in [2.45, 2.75) is 40.0 Å². The third-order valence-electron chi connectivity index (χ3n) is 4.08. The maximum atomic E-state index is 12.1. The average Bonchev–Trinajstić information content (AvgIpc) is 2.44. The zero-order valence-corrected chi connectivity index (χ0v) is 13.1. The van der Waals surface area contributed by atoms with Gasteiger partial charge in [-0.2, -0.15) is 0 Å². The molecule has 0 aliphatic heterocycles. The number of hydrogen-bond acceptors (Lipinski definition) is 3. The number of anilines is 1. The molecule has 6 heteroatoms. The van der Waals surface area contributed by atoms with Crippen molar-refractivity contribution >= 4 is 23.5 Å². The van der Waals surface area contributed by atoms with E-state index >= 15 is 0 Å². The molecule has 1 rings (SSSR count). The van der Waals surface area contributed by atoms with Crippen LogP contribution in [0.25, 0.3) is 0 Å². The number of amides is 2. The van der Waals surface area contributed by atoms with Gasteiger partial charge in [-0.15, -0.1) is 0 Å². The van der Waals surface area contributed by atoms with Crippen molar-refractivity contribution in [3.8, 4) is 0 Å². The molecule has 0 spiro atoms. The number of benzene rings is 1. The van der Waals surface area contributed by atoms with E-state index in [1.807, 2.05) is 0 Å². The standard InChI is InChI=1S/C16H22N2O4/c1-4-16(5-2,15(21)22)9-13(19)18-11-6-7-12(14(17)20)10(3)8-11/h6-8H,4-5,9H2,1-3H3,(H2,17,20)(H,18,19)(H,21,22). The average molecular weight is 306 g/mol. The summed E-state index contributed by atoms with van der Waals surface area (Å²) in [6, 6.07) is 4.75. The summed E-state index contributed by atoms with van der Waals surface area (Å²) in [7, 11) is 0. The largest absolute Gasteiger partial charge is 0.481 e. The van der Waals surface area contributed by atoms with Gasteiger partial charge in [0.15, 0.2) is 0 Å². The van der Waals surface area contributed by atoms with Crippen molar-refractivity contribution in [2.75, 3.05) is 5.32 Å². The third kappa shape index (κ3) is 3.84. The van der Waals surface area contributed by atoms with Gasteiger partial charge in [0.25, 0.3) is 0 Å². The summed E-state index contributed by atoms with van der Waals surface area (Å²) in [6.07, 6.45) is 0.670. The second-order valence-corrected chi connectivity index (χ2v) is 5.41. The van der Waals surface area contributed by atoms with Crippen LogP contribution in [0, 0.1) is 12.3 Å². The van der Waals surface area contributed by atoms with Crippen LogP contribution in [-0.4, -0.2) is 22.9 Å². The Morgan fingerprint density at radius 1 is 1.23 bits per heavy atom. The monoisotopic (exact) mass is 306 g/mol. The van der Waals surface area contributed by atoms with Gasteiger partial charge in [-0.3, -0.25) is 14.4 Å². The van der Waals surface area contributed by atoms with Crippen LogP contribution in [0.3, 0.4) is 0 Å². The van der Waals surface area contributed by atoms with E-state index in [4.69, 9.17) is 5.73 Å². The SMILES string of the molecule is CCC(CC)(CC(=O)Nc1ccc(C(N)=O)c(C)c1)C(=O)O. The molecule has 0 aliphatic carbocycles. The summed E-state index contributed by atoms with van der Waals surface area (Å²) in [5.41, 5.74) is 5.73. The molecule has 0 atom stereocenters. The Hall–Kier alpha value is -2.37. The zero-order chi connectivity index (χ0) is 16.9. The first-order valence-corrected chi connectivity index (χ1v) is 7.19. The number of hydrogen-bond donors (Lipinski definition) is 3. The van der Waals surface area contributed by atoms with Crippen LogP contribution in [0.2, 0.25) is 0 Å². The lowest BCUT2D eigenvalue weighted by molar-refractivity contribution is -0.151. The smallest absolute Gasteiger partial charge is 0.310 e. The maximum Gasteiger partial charge on any atom is 0.310 e. The number of carbonyl (C=O) groups excluding carboxylic acids is 2. The van der Waals surface area contributed by atoms with Gasteiger partial charge >= 0.3 is 5.97 Å². The van der Waals surface area contributed by atoms with Crippen LogP contribution >= 0.6 is 0 Å². The van der Waals surface area contributed by atoms with E-state index in [9.17, 15) is 19.5 Å². The Bertz CT molecular complexity index is 592. The second-order valence-electron chi connectivity index (χ2n) is 5.41. The van der Waals surface area contributed by atoms with Gasteiger partial charge in [-0.1, -0.05) is 13.8 Å². The van der Waals surface area contributed by atoms with E-state index in [0.29, 0.717) is 29.7 Å². The molecule has 0 fully saturated rings. The summed E-state index contributed by atoms with van der Waals surface area (Å²) in [6.45, 7) is 5.24. The lowest BCUT2D eigenvalue weighted by Crippen LogP contribution is -2.34. The molecule has 2 amide bonds. The number of carbonyl (C=O) groups is 3. The number of carboxylic acids is 1. The van der Waals surface area contributed by atoms with Crippen molar-refractivity contribution in [3.05, 3.63) is 29.3 Å². The lowest BCUT2D eigenvalue weighted by atomic mass is 9.79. The van der Waals surface area contributed by atoms with Crippen molar-refractivity contribution in [1.82, 2.24) is 0 Å². The topological polar surface area (TPSA) is 109 Å². The summed E-state index contributed by atoms with van der Waals surface area (Å²) in [5, 5.41) is 12.0. The van der Waals surface area contributed by atoms with Crippen molar-refractivity contribution in [1.29, 1.82) is 0 Å². The molecular formula is C16H22N2O4. The minimum Gasteiger partial charge on any atom is -0.481 e. The number of aryl methyl sites for hydroxylation is 1. The van der Waals surface area contributed by atoms with Crippen LogP contribution < -0.4 is 11.1 Å². The van der Waals surface area contributed by atoms with E-state index in [1.165, 1.54) is 6.07 Å². The molecule has 22 heavy (non-hydrogen) atoms. The van der Waals surface area contributed by atoms with E-state index in [2.05, 4.69) is 5.32 Å². The number of primary amides is 1. The molecule has 1 aromatic carbocycles. The molecule has 0 bridgehead atoms. The normalized spacial score (nSPS) is 11.0. The highest BCUT2D eigenvalue weighted by Gasteiger charge is 2.37.